The molecule has 112 valence electrons. The Bertz CT molecular complexity index is 631. The lowest BCUT2D eigenvalue weighted by Crippen LogP contribution is -2.08. The molecule has 1 N–H and O–H groups in total. The van der Waals surface area contributed by atoms with E-state index in [0.29, 0.717) is 24.5 Å². The number of hydrogen-bond acceptors (Lipinski definition) is 4. The summed E-state index contributed by atoms with van der Waals surface area (Å²) in [6.07, 6.45) is -2.10. The topological polar surface area (TPSA) is 47.0 Å². The molecule has 0 aliphatic carbocycles. The van der Waals surface area contributed by atoms with Gasteiger partial charge in [-0.15, -0.1) is 0 Å². The normalized spacial score (nSPS) is 11.3. The van der Waals surface area contributed by atoms with E-state index in [1.807, 2.05) is 6.92 Å². The summed E-state index contributed by atoms with van der Waals surface area (Å²) in [6, 6.07) is 2.36. The molecule has 0 amide bonds. The van der Waals surface area contributed by atoms with Crippen LogP contribution in [0, 0.1) is 5.82 Å². The van der Waals surface area contributed by atoms with Crippen LogP contribution in [0.25, 0.3) is 0 Å². The minimum absolute atomic E-state index is 0.00758. The molecular formula is C13H11F4N3O. The fraction of sp³-hybridized carbons (Fsp3) is 0.231. The maximum absolute atomic E-state index is 13.2. The second kappa shape index (κ2) is 5.94. The second-order valence-electron chi connectivity index (χ2n) is 4.01. The van der Waals surface area contributed by atoms with Gasteiger partial charge >= 0.3 is 6.18 Å². The standard InChI is InChI=1S/C13H11F4N3O/c1-2-19-11-6-18-7-12(20-11)21-8-3-4-10(14)9(5-8)13(15,16)17/h3-7H,2H2,1H3,(H,19,20). The Kier molecular flexibility index (Phi) is 4.25. The lowest BCUT2D eigenvalue weighted by atomic mass is 10.2. The third kappa shape index (κ3) is 3.80. The van der Waals surface area contributed by atoms with E-state index in [4.69, 9.17) is 4.74 Å². The highest BCUT2D eigenvalue weighted by Gasteiger charge is 2.34. The zero-order valence-electron chi connectivity index (χ0n) is 10.9. The van der Waals surface area contributed by atoms with Crippen LogP contribution in [0.3, 0.4) is 0 Å². The van der Waals surface area contributed by atoms with Gasteiger partial charge in [-0.3, -0.25) is 4.98 Å². The number of ether oxygens (including phenoxy) is 1. The molecule has 0 aliphatic heterocycles. The summed E-state index contributed by atoms with van der Waals surface area (Å²) < 4.78 is 56.1. The van der Waals surface area contributed by atoms with E-state index in [-0.39, 0.29) is 11.6 Å². The minimum atomic E-state index is -4.79. The first-order valence-corrected chi connectivity index (χ1v) is 6.00. The minimum Gasteiger partial charge on any atom is -0.437 e. The molecule has 1 heterocycles. The van der Waals surface area contributed by atoms with Crippen molar-refractivity contribution in [2.24, 2.45) is 0 Å². The predicted octanol–water partition coefficient (Wildman–Crippen LogP) is 3.86. The molecule has 0 radical (unpaired) electrons. The molecule has 0 fully saturated rings. The van der Waals surface area contributed by atoms with Gasteiger partial charge in [-0.25, -0.2) is 4.39 Å². The molecule has 0 unspecified atom stereocenters. The van der Waals surface area contributed by atoms with E-state index in [9.17, 15) is 17.6 Å². The predicted molar refractivity (Wildman–Crippen MR) is 67.7 cm³/mol. The monoisotopic (exact) mass is 301 g/mol. The molecule has 8 heteroatoms. The summed E-state index contributed by atoms with van der Waals surface area (Å²) in [7, 11) is 0. The lowest BCUT2D eigenvalue weighted by molar-refractivity contribution is -0.140. The van der Waals surface area contributed by atoms with E-state index < -0.39 is 17.6 Å². The van der Waals surface area contributed by atoms with E-state index in [2.05, 4.69) is 15.3 Å². The van der Waals surface area contributed by atoms with Crippen LogP contribution in [0.15, 0.2) is 30.6 Å². The Labute approximate surface area is 117 Å². The number of halogens is 4. The molecule has 1 aromatic heterocycles. The molecule has 21 heavy (non-hydrogen) atoms. The maximum Gasteiger partial charge on any atom is 0.419 e. The van der Waals surface area contributed by atoms with Crippen LogP contribution in [0.4, 0.5) is 23.4 Å². The van der Waals surface area contributed by atoms with Crippen molar-refractivity contribution in [3.8, 4) is 11.6 Å². The van der Waals surface area contributed by atoms with Crippen molar-refractivity contribution in [3.63, 3.8) is 0 Å². The van der Waals surface area contributed by atoms with E-state index in [1.165, 1.54) is 12.4 Å². The summed E-state index contributed by atoms with van der Waals surface area (Å²) in [6.45, 7) is 2.46. The third-order valence-corrected chi connectivity index (χ3v) is 2.44. The van der Waals surface area contributed by atoms with Crippen molar-refractivity contribution < 1.29 is 22.3 Å². The van der Waals surface area contributed by atoms with Crippen molar-refractivity contribution in [2.45, 2.75) is 13.1 Å². The van der Waals surface area contributed by atoms with E-state index in [0.717, 1.165) is 6.07 Å². The first-order valence-electron chi connectivity index (χ1n) is 6.00. The van der Waals surface area contributed by atoms with Crippen LogP contribution in [0.1, 0.15) is 12.5 Å². The largest absolute Gasteiger partial charge is 0.437 e. The SMILES string of the molecule is CCNc1cncc(Oc2ccc(F)c(C(F)(F)F)c2)n1. The number of anilines is 1. The van der Waals surface area contributed by atoms with Crippen molar-refractivity contribution in [2.75, 3.05) is 11.9 Å². The summed E-state index contributed by atoms with van der Waals surface area (Å²) in [5, 5.41) is 2.88. The highest BCUT2D eigenvalue weighted by molar-refractivity contribution is 5.36. The van der Waals surface area contributed by atoms with Gasteiger partial charge in [0.1, 0.15) is 17.4 Å². The fourth-order valence-corrected chi connectivity index (χ4v) is 1.57. The molecule has 4 nitrogen and oxygen atoms in total. The molecule has 0 bridgehead atoms. The van der Waals surface area contributed by atoms with Gasteiger partial charge in [-0.2, -0.15) is 18.2 Å². The average Bonchev–Trinajstić information content (AvgIpc) is 2.40. The summed E-state index contributed by atoms with van der Waals surface area (Å²) in [5.74, 6) is -1.10. The molecule has 0 saturated heterocycles. The molecule has 0 spiro atoms. The molecule has 0 aliphatic rings. The van der Waals surface area contributed by atoms with Gasteiger partial charge in [0.15, 0.2) is 0 Å². The number of hydrogen-bond donors (Lipinski definition) is 1. The Morgan fingerprint density at radius 2 is 2.00 bits per heavy atom. The van der Waals surface area contributed by atoms with Crippen molar-refractivity contribution >= 4 is 5.82 Å². The molecule has 1 aromatic carbocycles. The van der Waals surface area contributed by atoms with Crippen LogP contribution in [-0.4, -0.2) is 16.5 Å². The van der Waals surface area contributed by atoms with Crippen molar-refractivity contribution in [3.05, 3.63) is 42.0 Å². The molecule has 0 atom stereocenters. The Morgan fingerprint density at radius 3 is 2.67 bits per heavy atom. The quantitative estimate of drug-likeness (QED) is 0.871. The van der Waals surface area contributed by atoms with Crippen molar-refractivity contribution in [1.29, 1.82) is 0 Å². The van der Waals surface area contributed by atoms with Gasteiger partial charge in [-0.1, -0.05) is 0 Å². The Hall–Kier alpha value is -2.38. The maximum atomic E-state index is 13.2. The highest BCUT2D eigenvalue weighted by atomic mass is 19.4. The van der Waals surface area contributed by atoms with Crippen LogP contribution in [0.2, 0.25) is 0 Å². The van der Waals surface area contributed by atoms with Gasteiger partial charge in [0, 0.05) is 6.54 Å². The number of rotatable bonds is 4. The highest BCUT2D eigenvalue weighted by Crippen LogP contribution is 2.34. The molecule has 2 aromatic rings. The first kappa shape index (κ1) is 15.0. The van der Waals surface area contributed by atoms with E-state index >= 15 is 0 Å². The van der Waals surface area contributed by atoms with Crippen LogP contribution in [0.5, 0.6) is 11.6 Å². The number of alkyl halides is 3. The average molecular weight is 301 g/mol. The molecule has 2 rings (SSSR count). The zero-order chi connectivity index (χ0) is 15.5. The number of aromatic nitrogens is 2. The summed E-state index contributed by atoms with van der Waals surface area (Å²) >= 11 is 0. The van der Waals surface area contributed by atoms with E-state index in [1.54, 1.807) is 0 Å². The number of benzene rings is 1. The second-order valence-corrected chi connectivity index (χ2v) is 4.01. The van der Waals surface area contributed by atoms with Gasteiger partial charge in [0.05, 0.1) is 18.0 Å². The van der Waals surface area contributed by atoms with Crippen molar-refractivity contribution in [1.82, 2.24) is 9.97 Å². The summed E-state index contributed by atoms with van der Waals surface area (Å²) in [5.41, 5.74) is -1.39. The lowest BCUT2D eigenvalue weighted by Gasteiger charge is -2.11. The molecular weight excluding hydrogens is 290 g/mol. The Morgan fingerprint density at radius 1 is 1.24 bits per heavy atom. The smallest absolute Gasteiger partial charge is 0.419 e. The van der Waals surface area contributed by atoms with Gasteiger partial charge in [0.2, 0.25) is 5.88 Å². The first-order chi connectivity index (χ1) is 9.90. The van der Waals surface area contributed by atoms with Gasteiger partial charge in [0.25, 0.3) is 0 Å². The van der Waals surface area contributed by atoms with Gasteiger partial charge < -0.3 is 10.1 Å². The fourth-order valence-electron chi connectivity index (χ4n) is 1.57. The van der Waals surface area contributed by atoms with Crippen LogP contribution < -0.4 is 10.1 Å². The number of nitrogens with zero attached hydrogens (tertiary/aromatic N) is 2. The summed E-state index contributed by atoms with van der Waals surface area (Å²) in [4.78, 5) is 7.84. The third-order valence-electron chi connectivity index (χ3n) is 2.44. The van der Waals surface area contributed by atoms with Crippen LogP contribution >= 0.6 is 0 Å². The van der Waals surface area contributed by atoms with Crippen LogP contribution in [-0.2, 0) is 6.18 Å². The Balaban J connectivity index is 2.26. The zero-order valence-corrected chi connectivity index (χ0v) is 10.9. The number of nitrogens with one attached hydrogen (secondary N) is 1. The van der Waals surface area contributed by atoms with Gasteiger partial charge in [-0.05, 0) is 25.1 Å². The molecule has 0 saturated carbocycles.